The van der Waals surface area contributed by atoms with Gasteiger partial charge in [-0.25, -0.2) is 0 Å². The SMILES string of the molecule is CCC(CC)COC(=O)[C@@H]1C[C@@H]2C[C@@H](Nc3ccccc3-c3nn[nH]n3)CC[C@H]2CN1. The maximum atomic E-state index is 12.6. The van der Waals surface area contributed by atoms with Gasteiger partial charge >= 0.3 is 5.97 Å². The van der Waals surface area contributed by atoms with E-state index in [1.54, 1.807) is 0 Å². The number of anilines is 1. The van der Waals surface area contributed by atoms with Crippen molar-refractivity contribution in [1.82, 2.24) is 25.9 Å². The van der Waals surface area contributed by atoms with Gasteiger partial charge in [-0.15, -0.1) is 10.2 Å². The minimum absolute atomic E-state index is 0.0807. The van der Waals surface area contributed by atoms with Gasteiger partial charge in [0.2, 0.25) is 5.82 Å². The molecular formula is C23H34N6O2. The van der Waals surface area contributed by atoms with Crippen LogP contribution in [0.3, 0.4) is 0 Å². The zero-order chi connectivity index (χ0) is 21.6. The molecule has 2 heterocycles. The number of esters is 1. The van der Waals surface area contributed by atoms with Crippen molar-refractivity contribution in [2.45, 2.75) is 64.5 Å². The first kappa shape index (κ1) is 21.7. The molecule has 1 saturated carbocycles. The lowest BCUT2D eigenvalue weighted by Gasteiger charge is -2.42. The second-order valence-corrected chi connectivity index (χ2v) is 8.96. The van der Waals surface area contributed by atoms with E-state index in [4.69, 9.17) is 4.74 Å². The van der Waals surface area contributed by atoms with E-state index in [9.17, 15) is 4.79 Å². The summed E-state index contributed by atoms with van der Waals surface area (Å²) in [6.45, 7) is 5.74. The number of hydrogen-bond acceptors (Lipinski definition) is 7. The fourth-order valence-electron chi connectivity index (χ4n) is 5.00. The van der Waals surface area contributed by atoms with Crippen molar-refractivity contribution < 1.29 is 9.53 Å². The molecule has 31 heavy (non-hydrogen) atoms. The third-order valence-electron chi connectivity index (χ3n) is 7.08. The number of H-pyrrole nitrogens is 1. The Morgan fingerprint density at radius 1 is 1.19 bits per heavy atom. The lowest BCUT2D eigenvalue weighted by Crippen LogP contribution is -2.51. The first-order valence-electron chi connectivity index (χ1n) is 11.7. The molecule has 0 radical (unpaired) electrons. The van der Waals surface area contributed by atoms with Crippen molar-refractivity contribution in [1.29, 1.82) is 0 Å². The van der Waals surface area contributed by atoms with E-state index in [1.807, 2.05) is 18.2 Å². The Bertz CT molecular complexity index is 838. The molecule has 0 amide bonds. The number of tetrazole rings is 1. The molecule has 2 aliphatic rings. The molecule has 168 valence electrons. The zero-order valence-electron chi connectivity index (χ0n) is 18.5. The highest BCUT2D eigenvalue weighted by Crippen LogP contribution is 2.38. The number of ether oxygens (including phenoxy) is 1. The quantitative estimate of drug-likeness (QED) is 0.556. The second kappa shape index (κ2) is 10.2. The summed E-state index contributed by atoms with van der Waals surface area (Å²) < 4.78 is 5.64. The summed E-state index contributed by atoms with van der Waals surface area (Å²) in [7, 11) is 0. The van der Waals surface area contributed by atoms with Crippen LogP contribution < -0.4 is 10.6 Å². The molecule has 2 aromatic rings. The second-order valence-electron chi connectivity index (χ2n) is 8.96. The first-order chi connectivity index (χ1) is 15.2. The van der Waals surface area contributed by atoms with Gasteiger partial charge in [0.25, 0.3) is 0 Å². The van der Waals surface area contributed by atoms with Crippen LogP contribution in [0.5, 0.6) is 0 Å². The van der Waals surface area contributed by atoms with Gasteiger partial charge in [-0.2, -0.15) is 5.21 Å². The normalized spacial score (nSPS) is 25.8. The minimum atomic E-state index is -0.180. The van der Waals surface area contributed by atoms with E-state index in [-0.39, 0.29) is 12.0 Å². The molecule has 1 aromatic heterocycles. The number of benzene rings is 1. The van der Waals surface area contributed by atoms with Crippen molar-refractivity contribution in [2.75, 3.05) is 18.5 Å². The Morgan fingerprint density at radius 3 is 2.81 bits per heavy atom. The van der Waals surface area contributed by atoms with Crippen molar-refractivity contribution in [3.8, 4) is 11.4 Å². The van der Waals surface area contributed by atoms with Crippen LogP contribution in [0.2, 0.25) is 0 Å². The number of carbonyl (C=O) groups is 1. The molecule has 8 heteroatoms. The molecule has 0 unspecified atom stereocenters. The van der Waals surface area contributed by atoms with Gasteiger partial charge in [0, 0.05) is 17.3 Å². The Labute approximate surface area is 183 Å². The molecule has 4 atom stereocenters. The monoisotopic (exact) mass is 426 g/mol. The number of rotatable bonds is 8. The van der Waals surface area contributed by atoms with E-state index < -0.39 is 0 Å². The molecule has 1 aromatic carbocycles. The predicted octanol–water partition coefficient (Wildman–Crippen LogP) is 3.40. The molecule has 4 rings (SSSR count). The molecule has 1 aliphatic heterocycles. The molecule has 0 bridgehead atoms. The summed E-state index contributed by atoms with van der Waals surface area (Å²) in [5.74, 6) is 2.13. The predicted molar refractivity (Wildman–Crippen MR) is 119 cm³/mol. The van der Waals surface area contributed by atoms with Crippen molar-refractivity contribution in [2.24, 2.45) is 17.8 Å². The van der Waals surface area contributed by atoms with Crippen LogP contribution in [-0.4, -0.2) is 51.8 Å². The van der Waals surface area contributed by atoms with Gasteiger partial charge < -0.3 is 15.4 Å². The summed E-state index contributed by atoms with van der Waals surface area (Å²) in [4.78, 5) is 12.6. The van der Waals surface area contributed by atoms with Gasteiger partial charge in [0.15, 0.2) is 0 Å². The lowest BCUT2D eigenvalue weighted by atomic mass is 9.72. The molecule has 2 fully saturated rings. The summed E-state index contributed by atoms with van der Waals surface area (Å²) in [6, 6.07) is 8.27. The number of fused-ring (bicyclic) bond motifs is 1. The number of aromatic nitrogens is 4. The summed E-state index contributed by atoms with van der Waals surface area (Å²) in [5.41, 5.74) is 1.98. The third-order valence-corrected chi connectivity index (χ3v) is 7.08. The molecule has 1 aliphatic carbocycles. The van der Waals surface area contributed by atoms with E-state index in [0.717, 1.165) is 56.3 Å². The summed E-state index contributed by atoms with van der Waals surface area (Å²) in [6.07, 6.45) is 6.29. The van der Waals surface area contributed by atoms with Crippen LogP contribution in [0, 0.1) is 17.8 Å². The van der Waals surface area contributed by atoms with Crippen molar-refractivity contribution >= 4 is 11.7 Å². The zero-order valence-corrected chi connectivity index (χ0v) is 18.5. The van der Waals surface area contributed by atoms with Crippen LogP contribution in [0.1, 0.15) is 52.4 Å². The van der Waals surface area contributed by atoms with Gasteiger partial charge in [-0.1, -0.05) is 38.8 Å². The highest BCUT2D eigenvalue weighted by molar-refractivity contribution is 5.76. The number of aromatic amines is 1. The van der Waals surface area contributed by atoms with Gasteiger partial charge in [-0.05, 0) is 67.3 Å². The highest BCUT2D eigenvalue weighted by atomic mass is 16.5. The molecule has 8 nitrogen and oxygen atoms in total. The van der Waals surface area contributed by atoms with Gasteiger partial charge in [-0.3, -0.25) is 4.79 Å². The smallest absolute Gasteiger partial charge is 0.323 e. The Balaban J connectivity index is 1.35. The first-order valence-corrected chi connectivity index (χ1v) is 11.7. The number of nitrogens with zero attached hydrogens (tertiary/aromatic N) is 3. The Morgan fingerprint density at radius 2 is 2.03 bits per heavy atom. The van der Waals surface area contributed by atoms with Crippen molar-refractivity contribution in [3.63, 3.8) is 0 Å². The minimum Gasteiger partial charge on any atom is -0.464 e. The van der Waals surface area contributed by atoms with Gasteiger partial charge in [0.05, 0.1) is 6.61 Å². The number of para-hydroxylation sites is 1. The fourth-order valence-corrected chi connectivity index (χ4v) is 5.00. The number of piperidine rings is 1. The van der Waals surface area contributed by atoms with Crippen molar-refractivity contribution in [3.05, 3.63) is 24.3 Å². The van der Waals surface area contributed by atoms with Crippen LogP contribution in [0.4, 0.5) is 5.69 Å². The molecule has 3 N–H and O–H groups in total. The number of hydrogen-bond donors (Lipinski definition) is 3. The lowest BCUT2D eigenvalue weighted by molar-refractivity contribution is -0.149. The number of carbonyl (C=O) groups excluding carboxylic acids is 1. The van der Waals surface area contributed by atoms with E-state index in [1.165, 1.54) is 0 Å². The maximum absolute atomic E-state index is 12.6. The van der Waals surface area contributed by atoms with Crippen LogP contribution >= 0.6 is 0 Å². The maximum Gasteiger partial charge on any atom is 0.323 e. The van der Waals surface area contributed by atoms with Crippen LogP contribution in [-0.2, 0) is 9.53 Å². The summed E-state index contributed by atoms with van der Waals surface area (Å²) >= 11 is 0. The van der Waals surface area contributed by atoms with E-state index in [0.29, 0.717) is 36.2 Å². The van der Waals surface area contributed by atoms with E-state index in [2.05, 4.69) is 51.2 Å². The van der Waals surface area contributed by atoms with E-state index >= 15 is 0 Å². The standard InChI is InChI=1S/C23H34N6O2/c1-3-15(4-2)14-31-23(30)21-12-17-11-18(10-9-16(17)13-24-21)25-20-8-6-5-7-19(20)22-26-28-29-27-22/h5-8,15-18,21,24-25H,3-4,9-14H2,1-2H3,(H,26,27,28,29)/t16-,17-,18-,21-/m0/s1. The average Bonchev–Trinajstić information content (AvgIpc) is 3.34. The highest BCUT2D eigenvalue weighted by Gasteiger charge is 2.38. The third kappa shape index (κ3) is 5.23. The Kier molecular flexibility index (Phi) is 7.17. The summed E-state index contributed by atoms with van der Waals surface area (Å²) in [5, 5.41) is 21.6. The topological polar surface area (TPSA) is 105 Å². The van der Waals surface area contributed by atoms with Gasteiger partial charge in [0.1, 0.15) is 6.04 Å². The number of nitrogens with one attached hydrogen (secondary N) is 3. The average molecular weight is 427 g/mol. The molecular weight excluding hydrogens is 392 g/mol. The Hall–Kier alpha value is -2.48. The van der Waals surface area contributed by atoms with Crippen LogP contribution in [0.15, 0.2) is 24.3 Å². The largest absolute Gasteiger partial charge is 0.464 e. The molecule has 1 saturated heterocycles. The molecule has 0 spiro atoms. The van der Waals surface area contributed by atoms with Crippen LogP contribution in [0.25, 0.3) is 11.4 Å². The fraction of sp³-hybridized carbons (Fsp3) is 0.652.